The fourth-order valence-electron chi connectivity index (χ4n) is 3.33. The van der Waals surface area contributed by atoms with Gasteiger partial charge in [-0.25, -0.2) is 9.97 Å². The molecule has 1 aromatic carbocycles. The molecule has 178 valence electrons. The zero-order chi connectivity index (χ0) is 24.1. The van der Waals surface area contributed by atoms with E-state index >= 15 is 0 Å². The second kappa shape index (κ2) is 10.6. The van der Waals surface area contributed by atoms with Crippen LogP contribution in [-0.2, 0) is 4.74 Å². The molecule has 0 bridgehead atoms. The van der Waals surface area contributed by atoms with Crippen molar-refractivity contribution < 1.29 is 18.6 Å². The highest BCUT2D eigenvalue weighted by Gasteiger charge is 2.24. The normalized spacial score (nSPS) is 11.9. The first-order chi connectivity index (χ1) is 16.5. The van der Waals surface area contributed by atoms with Gasteiger partial charge in [-0.3, -0.25) is 9.29 Å². The van der Waals surface area contributed by atoms with Crippen molar-refractivity contribution in [2.75, 3.05) is 31.8 Å². The number of anilines is 1. The molecule has 4 aromatic rings. The molecule has 0 spiro atoms. The summed E-state index contributed by atoms with van der Waals surface area (Å²) in [6.45, 7) is 3.82. The lowest BCUT2D eigenvalue weighted by molar-refractivity contribution is 0.116. The summed E-state index contributed by atoms with van der Waals surface area (Å²) in [7, 11) is 4.84. The highest BCUT2D eigenvalue weighted by atomic mass is 32.2. The highest BCUT2D eigenvalue weighted by molar-refractivity contribution is 8.00. The van der Waals surface area contributed by atoms with Crippen molar-refractivity contribution in [1.29, 1.82) is 0 Å². The molecular formula is C23H26N6O4S. The zero-order valence-electron chi connectivity index (χ0n) is 19.6. The average molecular weight is 483 g/mol. The van der Waals surface area contributed by atoms with E-state index in [1.165, 1.54) is 11.9 Å². The summed E-state index contributed by atoms with van der Waals surface area (Å²) in [5.41, 5.74) is 1.64. The Morgan fingerprint density at radius 3 is 2.29 bits per heavy atom. The van der Waals surface area contributed by atoms with Gasteiger partial charge in [-0.15, -0.1) is 10.2 Å². The predicted molar refractivity (Wildman–Crippen MR) is 130 cm³/mol. The Balaban J connectivity index is 1.67. The van der Waals surface area contributed by atoms with Crippen LogP contribution in [0.3, 0.4) is 0 Å². The number of para-hydroxylation sites is 1. The number of hydrogen-bond acceptors (Lipinski definition) is 10. The molecule has 0 saturated carbocycles. The van der Waals surface area contributed by atoms with Crippen LogP contribution in [0.15, 0.2) is 47.1 Å². The summed E-state index contributed by atoms with van der Waals surface area (Å²) >= 11 is 1.40. The van der Waals surface area contributed by atoms with E-state index < -0.39 is 0 Å². The fourth-order valence-corrected chi connectivity index (χ4v) is 4.11. The summed E-state index contributed by atoms with van der Waals surface area (Å²) in [5, 5.41) is 8.76. The first-order valence-electron chi connectivity index (χ1n) is 10.5. The van der Waals surface area contributed by atoms with E-state index in [1.54, 1.807) is 33.7 Å². The first-order valence-corrected chi connectivity index (χ1v) is 11.5. The van der Waals surface area contributed by atoms with Crippen molar-refractivity contribution in [3.05, 3.63) is 59.9 Å². The van der Waals surface area contributed by atoms with Crippen LogP contribution < -0.4 is 14.2 Å². The number of benzene rings is 1. The quantitative estimate of drug-likeness (QED) is 0.327. The molecule has 0 amide bonds. The summed E-state index contributed by atoms with van der Waals surface area (Å²) < 4.78 is 27.8. The fraction of sp³-hybridized carbons (Fsp3) is 0.304. The van der Waals surface area contributed by atoms with Crippen LogP contribution in [0.4, 0.5) is 5.95 Å². The first kappa shape index (κ1) is 23.6. The highest BCUT2D eigenvalue weighted by Crippen LogP contribution is 2.38. The molecule has 1 N–H and O–H groups in total. The molecule has 0 radical (unpaired) electrons. The third-order valence-corrected chi connectivity index (χ3v) is 5.82. The minimum absolute atomic E-state index is 0.303. The van der Waals surface area contributed by atoms with Crippen LogP contribution in [0, 0.1) is 13.8 Å². The Hall–Kier alpha value is -3.57. The van der Waals surface area contributed by atoms with Gasteiger partial charge in [0, 0.05) is 25.3 Å². The number of methoxy groups -OCH3 is 3. The van der Waals surface area contributed by atoms with E-state index in [9.17, 15) is 0 Å². The lowest BCUT2D eigenvalue weighted by atomic mass is 10.2. The van der Waals surface area contributed by atoms with Gasteiger partial charge in [0.2, 0.25) is 11.8 Å². The predicted octanol–water partition coefficient (Wildman–Crippen LogP) is 4.40. The van der Waals surface area contributed by atoms with Crippen LogP contribution in [0.5, 0.6) is 11.5 Å². The molecule has 34 heavy (non-hydrogen) atoms. The number of nitrogens with one attached hydrogen (secondary N) is 1. The number of ether oxygens (including phenoxy) is 3. The molecule has 0 aliphatic rings. The molecule has 0 fully saturated rings. The van der Waals surface area contributed by atoms with Crippen LogP contribution in [-0.4, -0.2) is 51.8 Å². The van der Waals surface area contributed by atoms with Gasteiger partial charge in [0.25, 0.3) is 0 Å². The van der Waals surface area contributed by atoms with E-state index in [2.05, 4.69) is 24.9 Å². The standard InChI is InChI=1S/C23H26N6O4S/c1-14-11-24-21(25-12-14)19(32-5)13-34-28-23-27-26-22(18-10-9-15(2)33-18)29(23)20-16(30-3)7-6-8-17(20)31-4/h6-12,19H,13H2,1-5H3,(H,27,28). The number of aromatic nitrogens is 5. The monoisotopic (exact) mass is 482 g/mol. The van der Waals surface area contributed by atoms with Crippen LogP contribution >= 0.6 is 11.9 Å². The number of nitrogens with zero attached hydrogens (tertiary/aromatic N) is 5. The summed E-state index contributed by atoms with van der Waals surface area (Å²) in [4.78, 5) is 8.75. The minimum atomic E-state index is -0.303. The van der Waals surface area contributed by atoms with Crippen molar-refractivity contribution in [2.45, 2.75) is 20.0 Å². The van der Waals surface area contributed by atoms with Crippen molar-refractivity contribution in [1.82, 2.24) is 24.7 Å². The molecule has 4 rings (SSSR count). The van der Waals surface area contributed by atoms with Crippen molar-refractivity contribution in [3.63, 3.8) is 0 Å². The lowest BCUT2D eigenvalue weighted by Crippen LogP contribution is -2.11. The Kier molecular flexibility index (Phi) is 7.33. The summed E-state index contributed by atoms with van der Waals surface area (Å²) in [6.07, 6.45) is 3.24. The Morgan fingerprint density at radius 1 is 1.00 bits per heavy atom. The van der Waals surface area contributed by atoms with E-state index in [0.717, 1.165) is 11.3 Å². The number of furan rings is 1. The molecule has 1 atom stereocenters. The van der Waals surface area contributed by atoms with Gasteiger partial charge in [-0.05, 0) is 55.6 Å². The molecule has 0 saturated heterocycles. The molecule has 10 nitrogen and oxygen atoms in total. The second-order valence-corrected chi connectivity index (χ2v) is 8.19. The molecule has 1 unspecified atom stereocenters. The minimum Gasteiger partial charge on any atom is -0.494 e. The molecule has 0 aliphatic carbocycles. The number of aryl methyl sites for hydroxylation is 2. The van der Waals surface area contributed by atoms with Crippen LogP contribution in [0.2, 0.25) is 0 Å². The van der Waals surface area contributed by atoms with Gasteiger partial charge in [0.1, 0.15) is 29.1 Å². The van der Waals surface area contributed by atoms with Gasteiger partial charge in [0.15, 0.2) is 11.6 Å². The van der Waals surface area contributed by atoms with E-state index in [0.29, 0.717) is 46.3 Å². The zero-order valence-corrected chi connectivity index (χ0v) is 20.4. The molecular weight excluding hydrogens is 456 g/mol. The Bertz CT molecular complexity index is 1220. The van der Waals surface area contributed by atoms with Crippen molar-refractivity contribution in [2.24, 2.45) is 0 Å². The van der Waals surface area contributed by atoms with Gasteiger partial charge < -0.3 is 18.6 Å². The maximum absolute atomic E-state index is 5.84. The second-order valence-electron chi connectivity index (χ2n) is 7.36. The van der Waals surface area contributed by atoms with Gasteiger partial charge in [0.05, 0.1) is 14.2 Å². The third kappa shape index (κ3) is 4.85. The summed E-state index contributed by atoms with van der Waals surface area (Å²) in [6, 6.07) is 9.28. The van der Waals surface area contributed by atoms with E-state index in [-0.39, 0.29) is 6.10 Å². The van der Waals surface area contributed by atoms with E-state index in [1.807, 2.05) is 48.7 Å². The molecule has 3 heterocycles. The molecule has 0 aliphatic heterocycles. The van der Waals surface area contributed by atoms with Gasteiger partial charge in [-0.2, -0.15) is 0 Å². The smallest absolute Gasteiger partial charge is 0.239 e. The van der Waals surface area contributed by atoms with E-state index in [4.69, 9.17) is 18.6 Å². The largest absolute Gasteiger partial charge is 0.494 e. The van der Waals surface area contributed by atoms with Gasteiger partial charge in [-0.1, -0.05) is 6.07 Å². The number of rotatable bonds is 10. The molecule has 3 aromatic heterocycles. The van der Waals surface area contributed by atoms with Crippen LogP contribution in [0.25, 0.3) is 17.3 Å². The lowest BCUT2D eigenvalue weighted by Gasteiger charge is -2.17. The van der Waals surface area contributed by atoms with Crippen molar-refractivity contribution in [3.8, 4) is 28.8 Å². The maximum Gasteiger partial charge on any atom is 0.239 e. The van der Waals surface area contributed by atoms with Crippen LogP contribution in [0.1, 0.15) is 23.3 Å². The topological polar surface area (TPSA) is 109 Å². The Morgan fingerprint density at radius 2 is 1.71 bits per heavy atom. The number of hydrogen-bond donors (Lipinski definition) is 1. The van der Waals surface area contributed by atoms with Gasteiger partial charge >= 0.3 is 0 Å². The molecule has 11 heteroatoms. The average Bonchev–Trinajstić information content (AvgIpc) is 3.47. The Labute approximate surface area is 201 Å². The third-order valence-electron chi connectivity index (χ3n) is 5.02. The summed E-state index contributed by atoms with van der Waals surface area (Å²) in [5.74, 6) is 4.65. The maximum atomic E-state index is 5.84. The van der Waals surface area contributed by atoms with Crippen molar-refractivity contribution >= 4 is 17.9 Å². The SMILES string of the molecule is COc1cccc(OC)c1-n1c(NSCC(OC)c2ncc(C)cn2)nnc1-c1ccc(C)o1.